The first kappa shape index (κ1) is 15.2. The Morgan fingerprint density at radius 1 is 1.14 bits per heavy atom. The third-order valence-corrected chi connectivity index (χ3v) is 3.51. The van der Waals surface area contributed by atoms with E-state index in [4.69, 9.17) is 0 Å². The molecule has 6 nitrogen and oxygen atoms in total. The van der Waals surface area contributed by atoms with Crippen molar-refractivity contribution in [2.75, 3.05) is 32.5 Å². The van der Waals surface area contributed by atoms with Crippen LogP contribution < -0.4 is 10.6 Å². The summed E-state index contributed by atoms with van der Waals surface area (Å²) < 4.78 is 0. The Labute approximate surface area is 125 Å². The van der Waals surface area contributed by atoms with Crippen LogP contribution in [0.25, 0.3) is 0 Å². The minimum Gasteiger partial charge on any atom is -0.335 e. The number of urea groups is 2. The van der Waals surface area contributed by atoms with Crippen LogP contribution in [0.15, 0.2) is 30.3 Å². The average molecular weight is 290 g/mol. The number of anilines is 1. The maximum atomic E-state index is 11.9. The molecule has 0 bridgehead atoms. The lowest BCUT2D eigenvalue weighted by molar-refractivity contribution is 0.153. The number of hydrogen-bond donors (Lipinski definition) is 2. The largest absolute Gasteiger partial charge is 0.335 e. The number of rotatable bonds is 2. The number of amides is 4. The Kier molecular flexibility index (Phi) is 5.03. The highest BCUT2D eigenvalue weighted by Gasteiger charge is 2.24. The Morgan fingerprint density at radius 3 is 2.33 bits per heavy atom. The maximum absolute atomic E-state index is 11.9. The second-order valence-corrected chi connectivity index (χ2v) is 5.40. The number of carbonyl (C=O) groups excluding carboxylic acids is 2. The lowest BCUT2D eigenvalue weighted by atomic mass is 10.1. The van der Waals surface area contributed by atoms with Gasteiger partial charge in [0.25, 0.3) is 0 Å². The predicted molar refractivity (Wildman–Crippen MR) is 82.3 cm³/mol. The van der Waals surface area contributed by atoms with Gasteiger partial charge >= 0.3 is 12.1 Å². The highest BCUT2D eigenvalue weighted by atomic mass is 16.2. The Hall–Kier alpha value is -2.24. The van der Waals surface area contributed by atoms with Crippen molar-refractivity contribution in [3.8, 4) is 0 Å². The molecule has 0 atom stereocenters. The zero-order valence-corrected chi connectivity index (χ0v) is 12.5. The van der Waals surface area contributed by atoms with Crippen LogP contribution in [0.2, 0.25) is 0 Å². The van der Waals surface area contributed by atoms with E-state index in [1.165, 1.54) is 0 Å². The van der Waals surface area contributed by atoms with Crippen molar-refractivity contribution in [2.24, 2.45) is 0 Å². The molecule has 1 aromatic carbocycles. The van der Waals surface area contributed by atoms with Crippen LogP contribution in [-0.2, 0) is 0 Å². The number of benzene rings is 1. The van der Waals surface area contributed by atoms with E-state index < -0.39 is 0 Å². The highest BCUT2D eigenvalue weighted by Crippen LogP contribution is 2.12. The van der Waals surface area contributed by atoms with E-state index in [-0.39, 0.29) is 18.1 Å². The number of nitrogens with zero attached hydrogens (tertiary/aromatic N) is 2. The number of nitrogens with one attached hydrogen (secondary N) is 2. The van der Waals surface area contributed by atoms with Crippen molar-refractivity contribution in [1.29, 1.82) is 0 Å². The molecule has 4 amide bonds. The molecule has 114 valence electrons. The van der Waals surface area contributed by atoms with E-state index >= 15 is 0 Å². The van der Waals surface area contributed by atoms with Crippen LogP contribution in [0.5, 0.6) is 0 Å². The molecule has 2 N–H and O–H groups in total. The summed E-state index contributed by atoms with van der Waals surface area (Å²) in [5.41, 5.74) is 0.773. The number of carbonyl (C=O) groups is 2. The van der Waals surface area contributed by atoms with Crippen LogP contribution in [0.1, 0.15) is 12.8 Å². The van der Waals surface area contributed by atoms with E-state index in [1.807, 2.05) is 35.2 Å². The molecule has 0 aromatic heterocycles. The normalized spacial score (nSPS) is 15.4. The molecule has 0 radical (unpaired) electrons. The lowest BCUT2D eigenvalue weighted by Crippen LogP contribution is -2.49. The third kappa shape index (κ3) is 4.37. The second-order valence-electron chi connectivity index (χ2n) is 5.40. The van der Waals surface area contributed by atoms with E-state index in [9.17, 15) is 9.59 Å². The molecule has 1 aliphatic rings. The first-order valence-corrected chi connectivity index (χ1v) is 7.15. The van der Waals surface area contributed by atoms with E-state index in [0.717, 1.165) is 18.5 Å². The summed E-state index contributed by atoms with van der Waals surface area (Å²) in [5.74, 6) is 0. The van der Waals surface area contributed by atoms with Gasteiger partial charge < -0.3 is 20.4 Å². The van der Waals surface area contributed by atoms with Crippen LogP contribution in [0.4, 0.5) is 15.3 Å². The van der Waals surface area contributed by atoms with Gasteiger partial charge in [0.2, 0.25) is 0 Å². The minimum atomic E-state index is -0.196. The summed E-state index contributed by atoms with van der Waals surface area (Å²) >= 11 is 0. The molecule has 0 aliphatic carbocycles. The number of piperidine rings is 1. The van der Waals surface area contributed by atoms with Crippen molar-refractivity contribution in [1.82, 2.24) is 15.1 Å². The highest BCUT2D eigenvalue weighted by molar-refractivity contribution is 5.89. The molecule has 0 spiro atoms. The van der Waals surface area contributed by atoms with Crippen LogP contribution in [0.3, 0.4) is 0 Å². The summed E-state index contributed by atoms with van der Waals surface area (Å²) in [6.07, 6.45) is 1.56. The standard InChI is InChI=1S/C15H22N4O2/c1-18(2)15(21)19-10-8-13(9-11-19)17-14(20)16-12-6-4-3-5-7-12/h3-7,13H,8-11H2,1-2H3,(H2,16,17,20). The molecule has 1 fully saturated rings. The topological polar surface area (TPSA) is 64.7 Å². The molecule has 0 saturated carbocycles. The molecule has 1 aliphatic heterocycles. The van der Waals surface area contributed by atoms with Crippen LogP contribution >= 0.6 is 0 Å². The zero-order valence-electron chi connectivity index (χ0n) is 12.5. The molecule has 2 rings (SSSR count). The minimum absolute atomic E-state index is 0.0298. The van der Waals surface area contributed by atoms with Gasteiger partial charge in [-0.05, 0) is 25.0 Å². The van der Waals surface area contributed by atoms with Gasteiger partial charge in [0.15, 0.2) is 0 Å². The summed E-state index contributed by atoms with van der Waals surface area (Å²) in [4.78, 5) is 27.1. The van der Waals surface area contributed by atoms with E-state index in [0.29, 0.717) is 13.1 Å². The smallest absolute Gasteiger partial charge is 0.319 e. The SMILES string of the molecule is CN(C)C(=O)N1CCC(NC(=O)Nc2ccccc2)CC1. The first-order chi connectivity index (χ1) is 10.1. The van der Waals surface area contributed by atoms with Gasteiger partial charge in [-0.2, -0.15) is 0 Å². The summed E-state index contributed by atoms with van der Waals surface area (Å²) in [7, 11) is 3.50. The third-order valence-electron chi connectivity index (χ3n) is 3.51. The Balaban J connectivity index is 1.76. The van der Waals surface area contributed by atoms with Gasteiger partial charge in [-0.3, -0.25) is 0 Å². The maximum Gasteiger partial charge on any atom is 0.319 e. The van der Waals surface area contributed by atoms with Gasteiger partial charge in [-0.25, -0.2) is 9.59 Å². The van der Waals surface area contributed by atoms with E-state index in [1.54, 1.807) is 19.0 Å². The van der Waals surface area contributed by atoms with Gasteiger partial charge in [0.1, 0.15) is 0 Å². The summed E-state index contributed by atoms with van der Waals surface area (Å²) in [6, 6.07) is 9.29. The molecular weight excluding hydrogens is 268 g/mol. The number of hydrogen-bond acceptors (Lipinski definition) is 2. The fraction of sp³-hybridized carbons (Fsp3) is 0.467. The predicted octanol–water partition coefficient (Wildman–Crippen LogP) is 1.95. The molecule has 0 unspecified atom stereocenters. The summed E-state index contributed by atoms with van der Waals surface area (Å²) in [5, 5.41) is 5.76. The monoisotopic (exact) mass is 290 g/mol. The van der Waals surface area contributed by atoms with Crippen LogP contribution in [0, 0.1) is 0 Å². The van der Waals surface area contributed by atoms with Crippen molar-refractivity contribution in [3.63, 3.8) is 0 Å². The number of likely N-dealkylation sites (tertiary alicyclic amines) is 1. The van der Waals surface area contributed by atoms with Crippen molar-refractivity contribution in [2.45, 2.75) is 18.9 Å². The second kappa shape index (κ2) is 6.97. The van der Waals surface area contributed by atoms with Crippen molar-refractivity contribution < 1.29 is 9.59 Å². The quantitative estimate of drug-likeness (QED) is 0.874. The van der Waals surface area contributed by atoms with Crippen molar-refractivity contribution >= 4 is 17.7 Å². The molecule has 21 heavy (non-hydrogen) atoms. The molecule has 6 heteroatoms. The fourth-order valence-electron chi connectivity index (χ4n) is 2.37. The Morgan fingerprint density at radius 2 is 1.76 bits per heavy atom. The lowest BCUT2D eigenvalue weighted by Gasteiger charge is -2.33. The fourth-order valence-corrected chi connectivity index (χ4v) is 2.37. The Bertz CT molecular complexity index is 482. The van der Waals surface area contributed by atoms with Crippen molar-refractivity contribution in [3.05, 3.63) is 30.3 Å². The number of para-hydroxylation sites is 1. The summed E-state index contributed by atoms with van der Waals surface area (Å²) in [6.45, 7) is 1.35. The zero-order chi connectivity index (χ0) is 15.2. The van der Waals surface area contributed by atoms with Gasteiger partial charge in [-0.1, -0.05) is 18.2 Å². The molecule has 1 aromatic rings. The molecular formula is C15H22N4O2. The van der Waals surface area contributed by atoms with Gasteiger partial charge in [0, 0.05) is 38.9 Å². The molecule has 1 saturated heterocycles. The van der Waals surface area contributed by atoms with Gasteiger partial charge in [0.05, 0.1) is 0 Å². The first-order valence-electron chi connectivity index (χ1n) is 7.15. The van der Waals surface area contributed by atoms with Crippen LogP contribution in [-0.4, -0.2) is 55.1 Å². The van der Waals surface area contributed by atoms with Gasteiger partial charge in [-0.15, -0.1) is 0 Å². The average Bonchev–Trinajstić information content (AvgIpc) is 2.48. The van der Waals surface area contributed by atoms with E-state index in [2.05, 4.69) is 10.6 Å². The molecule has 1 heterocycles.